The molecule has 82 valence electrons. The van der Waals surface area contributed by atoms with Crippen LogP contribution in [0.1, 0.15) is 0 Å². The monoisotopic (exact) mass is 252 g/mol. The molecule has 0 saturated carbocycles. The van der Waals surface area contributed by atoms with Gasteiger partial charge < -0.3 is 11.5 Å². The lowest BCUT2D eigenvalue weighted by molar-refractivity contribution is 1.60. The van der Waals surface area contributed by atoms with E-state index in [0.29, 0.717) is 21.4 Å². The summed E-state index contributed by atoms with van der Waals surface area (Å²) in [7, 11) is 0. The number of nitrogen functional groups attached to an aromatic ring is 2. The molecule has 2 nitrogen and oxygen atoms in total. The zero-order valence-electron chi connectivity index (χ0n) is 8.37. The molecule has 0 atom stereocenters. The maximum absolute atomic E-state index is 5.99. The standard InChI is InChI=1S/C12H10Cl2N2/c13-8-3-1-2-7(6-8)9-4-5-10(15)11(14)12(9)16/h1-6H,15-16H2. The molecule has 0 radical (unpaired) electrons. The zero-order valence-corrected chi connectivity index (χ0v) is 9.89. The highest BCUT2D eigenvalue weighted by atomic mass is 35.5. The van der Waals surface area contributed by atoms with Crippen LogP contribution in [0.4, 0.5) is 11.4 Å². The summed E-state index contributed by atoms with van der Waals surface area (Å²) in [5.74, 6) is 0. The number of benzene rings is 2. The van der Waals surface area contributed by atoms with Crippen LogP contribution < -0.4 is 11.5 Å². The summed E-state index contributed by atoms with van der Waals surface area (Å²) in [5.41, 5.74) is 14.3. The average Bonchev–Trinajstić information content (AvgIpc) is 2.26. The Hall–Kier alpha value is -1.38. The lowest BCUT2D eigenvalue weighted by Gasteiger charge is -2.09. The molecule has 2 rings (SSSR count). The first-order valence-corrected chi connectivity index (χ1v) is 5.44. The SMILES string of the molecule is Nc1ccc(-c2cccc(Cl)c2)c(N)c1Cl. The van der Waals surface area contributed by atoms with Crippen molar-refractivity contribution in [3.63, 3.8) is 0 Å². The summed E-state index contributed by atoms with van der Waals surface area (Å²) in [6.07, 6.45) is 0. The molecule has 4 N–H and O–H groups in total. The van der Waals surface area contributed by atoms with Crippen LogP contribution in [0.15, 0.2) is 36.4 Å². The van der Waals surface area contributed by atoms with Crippen LogP contribution in [0.25, 0.3) is 11.1 Å². The van der Waals surface area contributed by atoms with Gasteiger partial charge in [-0.3, -0.25) is 0 Å². The zero-order chi connectivity index (χ0) is 11.7. The largest absolute Gasteiger partial charge is 0.397 e. The van der Waals surface area contributed by atoms with Gasteiger partial charge in [0.05, 0.1) is 16.4 Å². The molecule has 0 fully saturated rings. The second-order valence-electron chi connectivity index (χ2n) is 3.44. The van der Waals surface area contributed by atoms with Gasteiger partial charge in [-0.15, -0.1) is 0 Å². The highest BCUT2D eigenvalue weighted by Crippen LogP contribution is 2.35. The molecule has 0 amide bonds. The first kappa shape index (κ1) is 11.1. The molecule has 2 aromatic carbocycles. The molecular formula is C12H10Cl2N2. The van der Waals surface area contributed by atoms with Crippen LogP contribution in [-0.2, 0) is 0 Å². The molecule has 0 bridgehead atoms. The number of hydrogen-bond donors (Lipinski definition) is 2. The molecule has 0 spiro atoms. The van der Waals surface area contributed by atoms with E-state index in [4.69, 9.17) is 34.7 Å². The fourth-order valence-corrected chi connectivity index (χ4v) is 1.87. The number of rotatable bonds is 1. The average molecular weight is 253 g/mol. The van der Waals surface area contributed by atoms with Crippen LogP contribution >= 0.6 is 23.2 Å². The maximum Gasteiger partial charge on any atom is 0.0870 e. The van der Waals surface area contributed by atoms with Crippen molar-refractivity contribution in [2.75, 3.05) is 11.5 Å². The minimum Gasteiger partial charge on any atom is -0.397 e. The van der Waals surface area contributed by atoms with Gasteiger partial charge >= 0.3 is 0 Å². The molecule has 0 heterocycles. The number of hydrogen-bond acceptors (Lipinski definition) is 2. The molecule has 0 aliphatic carbocycles. The lowest BCUT2D eigenvalue weighted by atomic mass is 10.0. The fraction of sp³-hybridized carbons (Fsp3) is 0. The van der Waals surface area contributed by atoms with Crippen LogP contribution in [0.3, 0.4) is 0 Å². The van der Waals surface area contributed by atoms with E-state index in [0.717, 1.165) is 11.1 Å². The first-order valence-electron chi connectivity index (χ1n) is 4.69. The predicted octanol–water partition coefficient (Wildman–Crippen LogP) is 3.82. The molecule has 16 heavy (non-hydrogen) atoms. The maximum atomic E-state index is 5.99. The minimum atomic E-state index is 0.387. The van der Waals surface area contributed by atoms with E-state index in [9.17, 15) is 0 Å². The second kappa shape index (κ2) is 4.24. The Morgan fingerprint density at radius 3 is 2.38 bits per heavy atom. The minimum absolute atomic E-state index is 0.387. The van der Waals surface area contributed by atoms with Gasteiger partial charge in [-0.05, 0) is 23.8 Å². The third kappa shape index (κ3) is 1.94. The molecule has 0 unspecified atom stereocenters. The van der Waals surface area contributed by atoms with Gasteiger partial charge in [0, 0.05) is 10.6 Å². The molecule has 0 saturated heterocycles. The highest BCUT2D eigenvalue weighted by Gasteiger charge is 2.08. The van der Waals surface area contributed by atoms with Gasteiger partial charge in [-0.1, -0.05) is 41.4 Å². The highest BCUT2D eigenvalue weighted by molar-refractivity contribution is 6.36. The Balaban J connectivity index is 2.61. The molecule has 4 heteroatoms. The van der Waals surface area contributed by atoms with Gasteiger partial charge in [-0.2, -0.15) is 0 Å². The quantitative estimate of drug-likeness (QED) is 0.759. The van der Waals surface area contributed by atoms with E-state index in [1.54, 1.807) is 12.1 Å². The van der Waals surface area contributed by atoms with Crippen molar-refractivity contribution in [2.24, 2.45) is 0 Å². The Labute approximate surface area is 104 Å². The summed E-state index contributed by atoms with van der Waals surface area (Å²) in [5, 5.41) is 1.04. The van der Waals surface area contributed by atoms with Gasteiger partial charge in [0.2, 0.25) is 0 Å². The van der Waals surface area contributed by atoms with E-state index in [-0.39, 0.29) is 0 Å². The van der Waals surface area contributed by atoms with E-state index in [1.165, 1.54) is 0 Å². The summed E-state index contributed by atoms with van der Waals surface area (Å²) < 4.78 is 0. The number of anilines is 2. The lowest BCUT2D eigenvalue weighted by Crippen LogP contribution is -1.95. The predicted molar refractivity (Wildman–Crippen MR) is 70.7 cm³/mol. The molecule has 0 aliphatic heterocycles. The van der Waals surface area contributed by atoms with Crippen molar-refractivity contribution in [1.82, 2.24) is 0 Å². The van der Waals surface area contributed by atoms with Crippen LogP contribution in [0.5, 0.6) is 0 Å². The van der Waals surface area contributed by atoms with Gasteiger partial charge in [0.25, 0.3) is 0 Å². The van der Waals surface area contributed by atoms with E-state index >= 15 is 0 Å². The summed E-state index contributed by atoms with van der Waals surface area (Å²) in [6, 6.07) is 11.0. The first-order chi connectivity index (χ1) is 7.59. The smallest absolute Gasteiger partial charge is 0.0870 e. The van der Waals surface area contributed by atoms with Crippen molar-refractivity contribution >= 4 is 34.6 Å². The summed E-state index contributed by atoms with van der Waals surface area (Å²) in [6.45, 7) is 0. The van der Waals surface area contributed by atoms with E-state index in [1.807, 2.05) is 24.3 Å². The molecule has 2 aromatic rings. The van der Waals surface area contributed by atoms with Crippen molar-refractivity contribution in [1.29, 1.82) is 0 Å². The van der Waals surface area contributed by atoms with E-state index in [2.05, 4.69) is 0 Å². The van der Waals surface area contributed by atoms with Gasteiger partial charge in [0.1, 0.15) is 0 Å². The summed E-state index contributed by atoms with van der Waals surface area (Å²) >= 11 is 11.9. The fourth-order valence-electron chi connectivity index (χ4n) is 1.52. The Morgan fingerprint density at radius 1 is 0.938 bits per heavy atom. The van der Waals surface area contributed by atoms with Crippen molar-refractivity contribution < 1.29 is 0 Å². The van der Waals surface area contributed by atoms with Crippen molar-refractivity contribution in [2.45, 2.75) is 0 Å². The Bertz CT molecular complexity index is 539. The van der Waals surface area contributed by atoms with Crippen LogP contribution in [0.2, 0.25) is 10.0 Å². The second-order valence-corrected chi connectivity index (χ2v) is 4.25. The number of halogens is 2. The third-order valence-corrected chi connectivity index (χ3v) is 3.00. The van der Waals surface area contributed by atoms with E-state index < -0.39 is 0 Å². The Kier molecular flexibility index (Phi) is 2.95. The topological polar surface area (TPSA) is 52.0 Å². The van der Waals surface area contributed by atoms with Crippen LogP contribution in [-0.4, -0.2) is 0 Å². The molecular weight excluding hydrogens is 243 g/mol. The number of nitrogens with two attached hydrogens (primary N) is 2. The third-order valence-electron chi connectivity index (χ3n) is 2.35. The van der Waals surface area contributed by atoms with Crippen LogP contribution in [0, 0.1) is 0 Å². The molecule has 0 aliphatic rings. The van der Waals surface area contributed by atoms with Crippen molar-refractivity contribution in [3.05, 3.63) is 46.4 Å². The molecule has 0 aromatic heterocycles. The Morgan fingerprint density at radius 2 is 1.69 bits per heavy atom. The summed E-state index contributed by atoms with van der Waals surface area (Å²) in [4.78, 5) is 0. The van der Waals surface area contributed by atoms with Crippen molar-refractivity contribution in [3.8, 4) is 11.1 Å². The van der Waals surface area contributed by atoms with Gasteiger partial charge in [0.15, 0.2) is 0 Å². The normalized spacial score (nSPS) is 10.4. The van der Waals surface area contributed by atoms with Gasteiger partial charge in [-0.25, -0.2) is 0 Å².